The van der Waals surface area contributed by atoms with Gasteiger partial charge in [-0.2, -0.15) is 0 Å². The summed E-state index contributed by atoms with van der Waals surface area (Å²) in [6.07, 6.45) is 2.31. The Labute approximate surface area is 113 Å². The smallest absolute Gasteiger partial charge is 0.342 e. The van der Waals surface area contributed by atoms with E-state index in [1.807, 2.05) is 43.3 Å². The van der Waals surface area contributed by atoms with Gasteiger partial charge in [-0.05, 0) is 36.6 Å². The molecule has 0 aliphatic rings. The zero-order valence-electron chi connectivity index (χ0n) is 10.9. The zero-order valence-corrected chi connectivity index (χ0v) is 10.9. The lowest BCUT2D eigenvalue weighted by atomic mass is 10.1. The number of rotatable bonds is 4. The summed E-state index contributed by atoms with van der Waals surface area (Å²) in [5.74, 6) is -0.326. The third kappa shape index (κ3) is 4.11. The quantitative estimate of drug-likeness (QED) is 0.607. The molecule has 2 nitrogen and oxygen atoms in total. The molecule has 0 aliphatic carbocycles. The lowest BCUT2D eigenvalue weighted by Gasteiger charge is -2.03. The van der Waals surface area contributed by atoms with Gasteiger partial charge in [0.25, 0.3) is 0 Å². The second kappa shape index (κ2) is 6.55. The van der Waals surface area contributed by atoms with Crippen molar-refractivity contribution in [2.75, 3.05) is 0 Å². The van der Waals surface area contributed by atoms with E-state index in [0.29, 0.717) is 5.56 Å². The molecule has 0 unspecified atom stereocenters. The molecule has 2 rings (SSSR count). The van der Waals surface area contributed by atoms with E-state index in [1.54, 1.807) is 12.1 Å². The van der Waals surface area contributed by atoms with Crippen LogP contribution in [0.25, 0.3) is 0 Å². The summed E-state index contributed by atoms with van der Waals surface area (Å²) in [4.78, 5) is 11.7. The fraction of sp³-hybridized carbons (Fsp3) is 0.118. The summed E-state index contributed by atoms with van der Waals surface area (Å²) in [6, 6.07) is 19.1. The Balaban J connectivity index is 1.93. The number of ether oxygens (including phenoxy) is 1. The lowest BCUT2D eigenvalue weighted by molar-refractivity contribution is 0.0660. The van der Waals surface area contributed by atoms with Crippen LogP contribution in [0.5, 0.6) is 0 Å². The van der Waals surface area contributed by atoms with Gasteiger partial charge in [0.15, 0.2) is 0 Å². The molecule has 0 atom stereocenters. The minimum Gasteiger partial charge on any atom is -0.431 e. The number of carbonyl (C=O) groups is 1. The highest BCUT2D eigenvalue weighted by Crippen LogP contribution is 2.08. The van der Waals surface area contributed by atoms with Gasteiger partial charge in [-0.3, -0.25) is 0 Å². The summed E-state index contributed by atoms with van der Waals surface area (Å²) < 4.78 is 5.16. The Kier molecular flexibility index (Phi) is 4.51. The predicted octanol–water partition coefficient (Wildman–Crippen LogP) is 3.99. The molecule has 0 spiro atoms. The minimum atomic E-state index is -0.326. The molecule has 2 aromatic rings. The summed E-state index contributed by atoms with van der Waals surface area (Å²) in [5.41, 5.74) is 2.77. The first-order chi connectivity index (χ1) is 9.25. The van der Waals surface area contributed by atoms with Gasteiger partial charge >= 0.3 is 5.97 Å². The maximum Gasteiger partial charge on any atom is 0.342 e. The molecule has 0 heterocycles. The van der Waals surface area contributed by atoms with Crippen LogP contribution in [0.4, 0.5) is 0 Å². The Morgan fingerprint density at radius 3 is 2.21 bits per heavy atom. The molecule has 0 bridgehead atoms. The van der Waals surface area contributed by atoms with Crippen molar-refractivity contribution in [2.24, 2.45) is 0 Å². The molecule has 0 saturated heterocycles. The first-order valence-corrected chi connectivity index (χ1v) is 6.21. The monoisotopic (exact) mass is 252 g/mol. The topological polar surface area (TPSA) is 26.3 Å². The Hall–Kier alpha value is -2.35. The third-order valence-corrected chi connectivity index (χ3v) is 2.70. The Bertz CT molecular complexity index is 556. The van der Waals surface area contributed by atoms with E-state index in [9.17, 15) is 4.79 Å². The maximum atomic E-state index is 11.7. The van der Waals surface area contributed by atoms with E-state index in [1.165, 1.54) is 11.8 Å². The zero-order chi connectivity index (χ0) is 13.5. The van der Waals surface area contributed by atoms with Gasteiger partial charge in [0.2, 0.25) is 0 Å². The Morgan fingerprint density at radius 2 is 1.58 bits per heavy atom. The fourth-order valence-electron chi connectivity index (χ4n) is 1.76. The number of benzene rings is 2. The van der Waals surface area contributed by atoms with Crippen LogP contribution in [0, 0.1) is 0 Å². The molecule has 0 radical (unpaired) electrons. The van der Waals surface area contributed by atoms with Crippen molar-refractivity contribution in [1.82, 2.24) is 0 Å². The molecule has 19 heavy (non-hydrogen) atoms. The van der Waals surface area contributed by atoms with Gasteiger partial charge < -0.3 is 4.74 Å². The van der Waals surface area contributed by atoms with Crippen LogP contribution in [-0.2, 0) is 11.2 Å². The van der Waals surface area contributed by atoms with E-state index in [-0.39, 0.29) is 5.97 Å². The highest BCUT2D eigenvalue weighted by atomic mass is 16.5. The van der Waals surface area contributed by atoms with Crippen LogP contribution < -0.4 is 0 Å². The molecule has 0 fully saturated rings. The highest BCUT2D eigenvalue weighted by molar-refractivity contribution is 5.89. The van der Waals surface area contributed by atoms with Crippen LogP contribution in [0.2, 0.25) is 0 Å². The second-order valence-electron chi connectivity index (χ2n) is 4.40. The van der Waals surface area contributed by atoms with Crippen LogP contribution in [0.15, 0.2) is 72.5 Å². The number of esters is 1. The molecule has 2 aromatic carbocycles. The van der Waals surface area contributed by atoms with E-state index in [0.717, 1.165) is 12.0 Å². The highest BCUT2D eigenvalue weighted by Gasteiger charge is 2.04. The van der Waals surface area contributed by atoms with Crippen molar-refractivity contribution in [3.05, 3.63) is 83.6 Å². The first-order valence-electron chi connectivity index (χ1n) is 6.21. The number of allylic oxidation sites excluding steroid dienone is 1. The van der Waals surface area contributed by atoms with Crippen LogP contribution in [0.1, 0.15) is 22.8 Å². The molecule has 0 aliphatic heterocycles. The lowest BCUT2D eigenvalue weighted by Crippen LogP contribution is -2.00. The van der Waals surface area contributed by atoms with E-state index >= 15 is 0 Å². The van der Waals surface area contributed by atoms with Crippen molar-refractivity contribution < 1.29 is 9.53 Å². The predicted molar refractivity (Wildman–Crippen MR) is 75.8 cm³/mol. The standard InChI is InChI=1S/C17H16O2/c1-14(12-15-8-4-2-5-9-15)13-19-17(18)16-10-6-3-7-11-16/h2-11,13H,12H2,1H3/b14-13+. The van der Waals surface area contributed by atoms with E-state index in [2.05, 4.69) is 12.1 Å². The maximum absolute atomic E-state index is 11.7. The van der Waals surface area contributed by atoms with Crippen molar-refractivity contribution >= 4 is 5.97 Å². The average molecular weight is 252 g/mol. The third-order valence-electron chi connectivity index (χ3n) is 2.70. The van der Waals surface area contributed by atoms with Crippen molar-refractivity contribution in [2.45, 2.75) is 13.3 Å². The van der Waals surface area contributed by atoms with Crippen molar-refractivity contribution in [1.29, 1.82) is 0 Å². The number of hydrogen-bond acceptors (Lipinski definition) is 2. The van der Waals surface area contributed by atoms with Gasteiger partial charge in [0.05, 0.1) is 11.8 Å². The van der Waals surface area contributed by atoms with Gasteiger partial charge in [-0.25, -0.2) is 4.79 Å². The summed E-state index contributed by atoms with van der Waals surface area (Å²) >= 11 is 0. The van der Waals surface area contributed by atoms with Crippen molar-refractivity contribution in [3.63, 3.8) is 0 Å². The largest absolute Gasteiger partial charge is 0.431 e. The summed E-state index contributed by atoms with van der Waals surface area (Å²) in [5, 5.41) is 0. The van der Waals surface area contributed by atoms with E-state index < -0.39 is 0 Å². The average Bonchev–Trinajstić information content (AvgIpc) is 2.47. The number of carbonyl (C=O) groups excluding carboxylic acids is 1. The summed E-state index contributed by atoms with van der Waals surface area (Å²) in [7, 11) is 0. The Morgan fingerprint density at radius 1 is 1.00 bits per heavy atom. The fourth-order valence-corrected chi connectivity index (χ4v) is 1.76. The second-order valence-corrected chi connectivity index (χ2v) is 4.40. The van der Waals surface area contributed by atoms with E-state index in [4.69, 9.17) is 4.74 Å². The SMILES string of the molecule is C/C(=C\OC(=O)c1ccccc1)Cc1ccccc1. The number of hydrogen-bond donors (Lipinski definition) is 0. The van der Waals surface area contributed by atoms with Crippen LogP contribution in [0.3, 0.4) is 0 Å². The van der Waals surface area contributed by atoms with Gasteiger partial charge in [-0.1, -0.05) is 48.5 Å². The van der Waals surface area contributed by atoms with Crippen molar-refractivity contribution in [3.8, 4) is 0 Å². The molecular weight excluding hydrogens is 236 g/mol. The molecule has 96 valence electrons. The molecule has 2 heteroatoms. The van der Waals surface area contributed by atoms with Gasteiger partial charge in [-0.15, -0.1) is 0 Å². The molecule has 0 amide bonds. The summed E-state index contributed by atoms with van der Waals surface area (Å²) in [6.45, 7) is 1.95. The molecule has 0 saturated carbocycles. The first kappa shape index (κ1) is 13.1. The molecular formula is C17H16O2. The molecule has 0 N–H and O–H groups in total. The normalized spacial score (nSPS) is 11.1. The van der Waals surface area contributed by atoms with Crippen LogP contribution >= 0.6 is 0 Å². The minimum absolute atomic E-state index is 0.326. The van der Waals surface area contributed by atoms with Crippen LogP contribution in [-0.4, -0.2) is 5.97 Å². The van der Waals surface area contributed by atoms with Gasteiger partial charge in [0, 0.05) is 0 Å². The molecule has 0 aromatic heterocycles. The van der Waals surface area contributed by atoms with Gasteiger partial charge in [0.1, 0.15) is 0 Å².